The first kappa shape index (κ1) is 17.6. The van der Waals surface area contributed by atoms with Gasteiger partial charge in [-0.3, -0.25) is 4.79 Å². The molecular formula is C12H19N2NaO3. The molecule has 18 heavy (non-hydrogen) atoms. The van der Waals surface area contributed by atoms with Crippen LogP contribution in [-0.4, -0.2) is 17.6 Å². The van der Waals surface area contributed by atoms with Gasteiger partial charge in [0.2, 0.25) is 5.91 Å². The second-order valence-electron chi connectivity index (χ2n) is 4.35. The number of nitrogens with zero attached hydrogens (tertiary/aromatic N) is 1. The molecule has 0 heterocycles. The summed E-state index contributed by atoms with van der Waals surface area (Å²) >= 11 is 0. The van der Waals surface area contributed by atoms with Crippen molar-refractivity contribution in [3.63, 3.8) is 0 Å². The number of rotatable bonds is 7. The molecule has 0 aromatic rings. The molecule has 1 N–H and O–H groups in total. The number of hydrogen-bond acceptors (Lipinski definition) is 4. The van der Waals surface area contributed by atoms with E-state index in [4.69, 9.17) is 0 Å². The number of hydrazone groups is 1. The summed E-state index contributed by atoms with van der Waals surface area (Å²) < 4.78 is 0. The molecule has 1 fully saturated rings. The molecule has 1 rings (SSSR count). The van der Waals surface area contributed by atoms with Crippen LogP contribution in [0.15, 0.2) is 5.10 Å². The third kappa shape index (κ3) is 8.66. The molecule has 1 aliphatic rings. The second-order valence-corrected chi connectivity index (χ2v) is 4.35. The van der Waals surface area contributed by atoms with E-state index in [9.17, 15) is 14.7 Å². The van der Waals surface area contributed by atoms with E-state index >= 15 is 0 Å². The molecule has 0 radical (unpaired) electrons. The van der Waals surface area contributed by atoms with Crippen molar-refractivity contribution < 1.29 is 44.3 Å². The van der Waals surface area contributed by atoms with Gasteiger partial charge in [-0.15, -0.1) is 0 Å². The number of carboxylic acid groups (broad SMARTS) is 1. The Kier molecular flexibility index (Phi) is 10.3. The van der Waals surface area contributed by atoms with Crippen molar-refractivity contribution in [3.8, 4) is 0 Å². The third-order valence-electron chi connectivity index (χ3n) is 2.80. The Bertz CT molecular complexity index is 298. The van der Waals surface area contributed by atoms with E-state index in [0.717, 1.165) is 37.8 Å². The zero-order valence-corrected chi connectivity index (χ0v) is 13.0. The standard InChI is InChI=1S/C12H20N2O3.Na/c15-11(8-2-1-3-9-12(16)17)14-13-10-6-4-5-7-10;/h1-9H2,(H,14,15)(H,16,17);/q;+1/p-1. The van der Waals surface area contributed by atoms with E-state index in [2.05, 4.69) is 10.5 Å². The Labute approximate surface area is 130 Å². The molecule has 1 amide bonds. The summed E-state index contributed by atoms with van der Waals surface area (Å²) in [5.74, 6) is -1.11. The van der Waals surface area contributed by atoms with Gasteiger partial charge in [0.05, 0.1) is 0 Å². The summed E-state index contributed by atoms with van der Waals surface area (Å²) in [6.45, 7) is 0. The molecule has 0 atom stereocenters. The van der Waals surface area contributed by atoms with Crippen LogP contribution in [0.25, 0.3) is 0 Å². The summed E-state index contributed by atoms with van der Waals surface area (Å²) in [6.07, 6.45) is 6.80. The fourth-order valence-electron chi connectivity index (χ4n) is 1.82. The van der Waals surface area contributed by atoms with Crippen LogP contribution < -0.4 is 40.1 Å². The first-order valence-corrected chi connectivity index (χ1v) is 6.22. The monoisotopic (exact) mass is 262 g/mol. The van der Waals surface area contributed by atoms with Gasteiger partial charge < -0.3 is 9.90 Å². The average molecular weight is 262 g/mol. The van der Waals surface area contributed by atoms with Crippen molar-refractivity contribution in [3.05, 3.63) is 0 Å². The van der Waals surface area contributed by atoms with Gasteiger partial charge in [-0.1, -0.05) is 6.42 Å². The molecule has 1 saturated carbocycles. The maximum absolute atomic E-state index is 11.3. The number of amides is 1. The Hall–Kier alpha value is -0.390. The van der Waals surface area contributed by atoms with Crippen molar-refractivity contribution in [2.75, 3.05) is 0 Å². The Morgan fingerprint density at radius 1 is 1.11 bits per heavy atom. The van der Waals surface area contributed by atoms with Gasteiger partial charge in [0, 0.05) is 18.1 Å². The quantitative estimate of drug-likeness (QED) is 0.319. The Morgan fingerprint density at radius 3 is 2.33 bits per heavy atom. The maximum Gasteiger partial charge on any atom is 1.00 e. The van der Waals surface area contributed by atoms with Gasteiger partial charge >= 0.3 is 29.6 Å². The smallest absolute Gasteiger partial charge is 0.550 e. The molecule has 0 saturated heterocycles. The summed E-state index contributed by atoms with van der Waals surface area (Å²) in [6, 6.07) is 0. The summed E-state index contributed by atoms with van der Waals surface area (Å²) in [5, 5.41) is 14.2. The zero-order chi connectivity index (χ0) is 12.5. The number of hydrogen-bond donors (Lipinski definition) is 1. The van der Waals surface area contributed by atoms with Crippen LogP contribution in [0, 0.1) is 0 Å². The number of carboxylic acids is 1. The molecule has 6 heteroatoms. The van der Waals surface area contributed by atoms with Crippen molar-refractivity contribution in [1.29, 1.82) is 0 Å². The largest absolute Gasteiger partial charge is 1.00 e. The zero-order valence-electron chi connectivity index (χ0n) is 11.0. The van der Waals surface area contributed by atoms with Crippen molar-refractivity contribution in [2.45, 2.75) is 57.8 Å². The minimum absolute atomic E-state index is 0. The Balaban J connectivity index is 0.00000289. The van der Waals surface area contributed by atoms with E-state index in [1.165, 1.54) is 0 Å². The minimum Gasteiger partial charge on any atom is -0.550 e. The van der Waals surface area contributed by atoms with Crippen LogP contribution >= 0.6 is 0 Å². The van der Waals surface area contributed by atoms with E-state index in [-0.39, 0.29) is 41.9 Å². The average Bonchev–Trinajstić information content (AvgIpc) is 2.78. The van der Waals surface area contributed by atoms with Gasteiger partial charge in [-0.2, -0.15) is 5.10 Å². The molecule has 0 aromatic heterocycles. The molecule has 5 nitrogen and oxygen atoms in total. The molecule has 0 spiro atoms. The summed E-state index contributed by atoms with van der Waals surface area (Å²) in [5.41, 5.74) is 3.62. The minimum atomic E-state index is -1.03. The number of carbonyl (C=O) groups excluding carboxylic acids is 2. The van der Waals surface area contributed by atoms with Gasteiger partial charge in [-0.05, 0) is 44.9 Å². The fraction of sp³-hybridized carbons (Fsp3) is 0.750. The topological polar surface area (TPSA) is 81.6 Å². The van der Waals surface area contributed by atoms with Crippen molar-refractivity contribution in [2.24, 2.45) is 5.10 Å². The predicted octanol–water partition coefficient (Wildman–Crippen LogP) is -2.26. The normalized spacial score (nSPS) is 13.9. The van der Waals surface area contributed by atoms with Crippen LogP contribution in [0.1, 0.15) is 57.8 Å². The van der Waals surface area contributed by atoms with Crippen LogP contribution in [-0.2, 0) is 9.59 Å². The van der Waals surface area contributed by atoms with Crippen LogP contribution in [0.3, 0.4) is 0 Å². The SMILES string of the molecule is O=C([O-])CCCCCC(=O)NN=C1CCCC1.[Na+]. The molecule has 0 aliphatic heterocycles. The first-order valence-electron chi connectivity index (χ1n) is 6.22. The van der Waals surface area contributed by atoms with Crippen LogP contribution in [0.5, 0.6) is 0 Å². The van der Waals surface area contributed by atoms with Crippen molar-refractivity contribution >= 4 is 17.6 Å². The van der Waals surface area contributed by atoms with Crippen LogP contribution in [0.2, 0.25) is 0 Å². The maximum atomic E-state index is 11.3. The van der Waals surface area contributed by atoms with Gasteiger partial charge in [0.15, 0.2) is 0 Å². The molecule has 0 bridgehead atoms. The summed E-state index contributed by atoms with van der Waals surface area (Å²) in [7, 11) is 0. The molecule has 96 valence electrons. The van der Waals surface area contributed by atoms with E-state index < -0.39 is 5.97 Å². The van der Waals surface area contributed by atoms with E-state index in [1.54, 1.807) is 0 Å². The van der Waals surface area contributed by atoms with E-state index in [0.29, 0.717) is 19.3 Å². The molecular weight excluding hydrogens is 243 g/mol. The van der Waals surface area contributed by atoms with Gasteiger partial charge in [0.1, 0.15) is 0 Å². The van der Waals surface area contributed by atoms with Gasteiger partial charge in [-0.25, -0.2) is 5.43 Å². The molecule has 1 aliphatic carbocycles. The van der Waals surface area contributed by atoms with Gasteiger partial charge in [0.25, 0.3) is 0 Å². The molecule has 0 aromatic carbocycles. The third-order valence-corrected chi connectivity index (χ3v) is 2.80. The first-order chi connectivity index (χ1) is 8.18. The Morgan fingerprint density at radius 2 is 1.72 bits per heavy atom. The van der Waals surface area contributed by atoms with E-state index in [1.807, 2.05) is 0 Å². The number of aliphatic carboxylic acids is 1. The fourth-order valence-corrected chi connectivity index (χ4v) is 1.82. The second kappa shape index (κ2) is 10.5. The van der Waals surface area contributed by atoms with Crippen LogP contribution in [0.4, 0.5) is 0 Å². The number of nitrogens with one attached hydrogen (secondary N) is 1. The predicted molar refractivity (Wildman–Crippen MR) is 62.1 cm³/mol. The van der Waals surface area contributed by atoms with Crippen molar-refractivity contribution in [1.82, 2.24) is 5.43 Å². The summed E-state index contributed by atoms with van der Waals surface area (Å²) in [4.78, 5) is 21.5. The molecule has 0 unspecified atom stereocenters. The number of unbranched alkanes of at least 4 members (excludes halogenated alkanes) is 2. The number of carbonyl (C=O) groups is 2.